The third kappa shape index (κ3) is 2.31. The quantitative estimate of drug-likeness (QED) is 0.792. The summed E-state index contributed by atoms with van der Waals surface area (Å²) in [4.78, 5) is 10.9. The number of aliphatic hydroxyl groups is 1. The van der Waals surface area contributed by atoms with Crippen LogP contribution in [0.15, 0.2) is 24.3 Å². The van der Waals surface area contributed by atoms with Crippen molar-refractivity contribution >= 4 is 6.29 Å². The maximum absolute atomic E-state index is 10.9. The number of benzene rings is 1. The molecule has 3 heteroatoms. The van der Waals surface area contributed by atoms with Crippen LogP contribution in [0.2, 0.25) is 0 Å². The van der Waals surface area contributed by atoms with Crippen molar-refractivity contribution in [2.75, 3.05) is 13.2 Å². The Kier molecular flexibility index (Phi) is 3.70. The van der Waals surface area contributed by atoms with Gasteiger partial charge in [-0.2, -0.15) is 0 Å². The second kappa shape index (κ2) is 5.23. The molecular formula is C13H16O3. The zero-order chi connectivity index (χ0) is 11.4. The average Bonchev–Trinajstić information content (AvgIpc) is 2.39. The standard InChI is InChI=1S/C13H16O3/c14-8-10-4-1-2-6-12(10)13(15)11-5-3-7-16-9-11/h1-2,4,6,8,11,13,15H,3,5,7,9H2. The molecule has 0 saturated carbocycles. The molecule has 1 heterocycles. The second-order valence-electron chi connectivity index (χ2n) is 4.17. The SMILES string of the molecule is O=Cc1ccccc1C(O)C1CCCOC1. The molecule has 86 valence electrons. The van der Waals surface area contributed by atoms with Crippen LogP contribution in [-0.4, -0.2) is 24.6 Å². The van der Waals surface area contributed by atoms with Gasteiger partial charge in [-0.15, -0.1) is 0 Å². The van der Waals surface area contributed by atoms with E-state index in [1.165, 1.54) is 0 Å². The Morgan fingerprint density at radius 2 is 2.25 bits per heavy atom. The van der Waals surface area contributed by atoms with E-state index in [9.17, 15) is 9.90 Å². The molecule has 0 aromatic heterocycles. The first-order valence-corrected chi connectivity index (χ1v) is 5.63. The number of aldehydes is 1. The van der Waals surface area contributed by atoms with Gasteiger partial charge in [0.2, 0.25) is 0 Å². The van der Waals surface area contributed by atoms with E-state index >= 15 is 0 Å². The van der Waals surface area contributed by atoms with Gasteiger partial charge >= 0.3 is 0 Å². The van der Waals surface area contributed by atoms with Gasteiger partial charge in [0.15, 0.2) is 0 Å². The van der Waals surface area contributed by atoms with Gasteiger partial charge in [0, 0.05) is 18.1 Å². The normalized spacial score (nSPS) is 22.7. The summed E-state index contributed by atoms with van der Waals surface area (Å²) in [6.07, 6.45) is 2.13. The van der Waals surface area contributed by atoms with Crippen molar-refractivity contribution in [1.82, 2.24) is 0 Å². The first kappa shape index (κ1) is 11.3. The van der Waals surface area contributed by atoms with E-state index in [4.69, 9.17) is 4.74 Å². The van der Waals surface area contributed by atoms with Crippen molar-refractivity contribution in [3.63, 3.8) is 0 Å². The summed E-state index contributed by atoms with van der Waals surface area (Å²) in [5, 5.41) is 10.2. The summed E-state index contributed by atoms with van der Waals surface area (Å²) in [7, 11) is 0. The zero-order valence-electron chi connectivity index (χ0n) is 9.13. The van der Waals surface area contributed by atoms with Gasteiger partial charge in [-0.05, 0) is 18.4 Å². The highest BCUT2D eigenvalue weighted by atomic mass is 16.5. The Hall–Kier alpha value is -1.19. The van der Waals surface area contributed by atoms with Crippen LogP contribution in [0.1, 0.15) is 34.9 Å². The van der Waals surface area contributed by atoms with E-state index < -0.39 is 6.10 Å². The van der Waals surface area contributed by atoms with Gasteiger partial charge in [0.25, 0.3) is 0 Å². The fourth-order valence-corrected chi connectivity index (χ4v) is 2.16. The van der Waals surface area contributed by atoms with Gasteiger partial charge in [-0.3, -0.25) is 4.79 Å². The van der Waals surface area contributed by atoms with Gasteiger partial charge < -0.3 is 9.84 Å². The molecule has 3 nitrogen and oxygen atoms in total. The van der Waals surface area contributed by atoms with E-state index in [1.54, 1.807) is 12.1 Å². The number of hydrogen-bond acceptors (Lipinski definition) is 3. The Morgan fingerprint density at radius 3 is 2.94 bits per heavy atom. The second-order valence-corrected chi connectivity index (χ2v) is 4.17. The smallest absolute Gasteiger partial charge is 0.150 e. The molecule has 2 atom stereocenters. The maximum Gasteiger partial charge on any atom is 0.150 e. The van der Waals surface area contributed by atoms with Gasteiger partial charge in [0.1, 0.15) is 6.29 Å². The molecule has 1 aromatic rings. The minimum absolute atomic E-state index is 0.106. The van der Waals surface area contributed by atoms with Crippen molar-refractivity contribution in [3.05, 3.63) is 35.4 Å². The van der Waals surface area contributed by atoms with Crippen molar-refractivity contribution in [2.24, 2.45) is 5.92 Å². The molecule has 0 spiro atoms. The highest BCUT2D eigenvalue weighted by Crippen LogP contribution is 2.29. The lowest BCUT2D eigenvalue weighted by Gasteiger charge is -2.27. The highest BCUT2D eigenvalue weighted by Gasteiger charge is 2.25. The molecule has 0 radical (unpaired) electrons. The molecule has 1 saturated heterocycles. The third-order valence-corrected chi connectivity index (χ3v) is 3.08. The number of hydrogen-bond donors (Lipinski definition) is 1. The fraction of sp³-hybridized carbons (Fsp3) is 0.462. The van der Waals surface area contributed by atoms with Crippen LogP contribution in [0.25, 0.3) is 0 Å². The summed E-state index contributed by atoms with van der Waals surface area (Å²) in [5.74, 6) is 0.106. The fourth-order valence-electron chi connectivity index (χ4n) is 2.16. The summed E-state index contributed by atoms with van der Waals surface area (Å²) in [6, 6.07) is 7.19. The molecule has 1 aliphatic heterocycles. The van der Waals surface area contributed by atoms with Crippen LogP contribution in [0.4, 0.5) is 0 Å². The molecule has 0 amide bonds. The highest BCUT2D eigenvalue weighted by molar-refractivity contribution is 5.77. The number of ether oxygens (including phenoxy) is 1. The lowest BCUT2D eigenvalue weighted by Crippen LogP contribution is -2.24. The molecule has 2 rings (SSSR count). The van der Waals surface area contributed by atoms with Gasteiger partial charge in [0.05, 0.1) is 12.7 Å². The summed E-state index contributed by atoms with van der Waals surface area (Å²) >= 11 is 0. The Bertz CT molecular complexity index is 356. The van der Waals surface area contributed by atoms with Crippen molar-refractivity contribution < 1.29 is 14.6 Å². The Labute approximate surface area is 95.0 Å². The van der Waals surface area contributed by atoms with E-state index in [0.29, 0.717) is 17.7 Å². The number of rotatable bonds is 3. The van der Waals surface area contributed by atoms with Crippen LogP contribution in [-0.2, 0) is 4.74 Å². The molecule has 1 aliphatic rings. The Morgan fingerprint density at radius 1 is 1.44 bits per heavy atom. The van der Waals surface area contributed by atoms with Gasteiger partial charge in [-0.25, -0.2) is 0 Å². The van der Waals surface area contributed by atoms with Crippen LogP contribution in [0.5, 0.6) is 0 Å². The minimum atomic E-state index is -0.596. The third-order valence-electron chi connectivity index (χ3n) is 3.08. The predicted molar refractivity (Wildman–Crippen MR) is 60.3 cm³/mol. The van der Waals surface area contributed by atoms with E-state index in [-0.39, 0.29) is 5.92 Å². The minimum Gasteiger partial charge on any atom is -0.388 e. The largest absolute Gasteiger partial charge is 0.388 e. The molecule has 0 bridgehead atoms. The van der Waals surface area contributed by atoms with E-state index in [2.05, 4.69) is 0 Å². The van der Waals surface area contributed by atoms with E-state index in [0.717, 1.165) is 25.7 Å². The number of aliphatic hydroxyl groups excluding tert-OH is 1. The average molecular weight is 220 g/mol. The molecule has 0 aliphatic carbocycles. The maximum atomic E-state index is 10.9. The first-order chi connectivity index (χ1) is 7.83. The predicted octanol–water partition coefficient (Wildman–Crippen LogP) is 1.96. The number of carbonyl (C=O) groups excluding carboxylic acids is 1. The molecule has 1 fully saturated rings. The summed E-state index contributed by atoms with van der Waals surface area (Å²) in [5.41, 5.74) is 1.29. The van der Waals surface area contributed by atoms with E-state index in [1.807, 2.05) is 12.1 Å². The van der Waals surface area contributed by atoms with Crippen molar-refractivity contribution in [1.29, 1.82) is 0 Å². The zero-order valence-corrected chi connectivity index (χ0v) is 9.13. The topological polar surface area (TPSA) is 46.5 Å². The van der Waals surface area contributed by atoms with Crippen LogP contribution < -0.4 is 0 Å². The van der Waals surface area contributed by atoms with Crippen LogP contribution >= 0.6 is 0 Å². The van der Waals surface area contributed by atoms with Crippen LogP contribution in [0, 0.1) is 5.92 Å². The van der Waals surface area contributed by atoms with Gasteiger partial charge in [-0.1, -0.05) is 24.3 Å². The first-order valence-electron chi connectivity index (χ1n) is 5.63. The molecular weight excluding hydrogens is 204 g/mol. The molecule has 16 heavy (non-hydrogen) atoms. The van der Waals surface area contributed by atoms with Crippen molar-refractivity contribution in [2.45, 2.75) is 18.9 Å². The monoisotopic (exact) mass is 220 g/mol. The van der Waals surface area contributed by atoms with Crippen LogP contribution in [0.3, 0.4) is 0 Å². The molecule has 2 unspecified atom stereocenters. The summed E-state index contributed by atoms with van der Waals surface area (Å²) < 4.78 is 5.35. The molecule has 1 N–H and O–H groups in total. The number of carbonyl (C=O) groups is 1. The molecule has 1 aromatic carbocycles. The lowest BCUT2D eigenvalue weighted by atomic mass is 9.89. The lowest BCUT2D eigenvalue weighted by molar-refractivity contribution is -0.0101. The van der Waals surface area contributed by atoms with Crippen molar-refractivity contribution in [3.8, 4) is 0 Å². The Balaban J connectivity index is 2.18. The summed E-state index contributed by atoms with van der Waals surface area (Å²) in [6.45, 7) is 1.35.